The maximum atomic E-state index is 13.0. The maximum Gasteiger partial charge on any atom is 0.229 e. The molecule has 0 saturated carbocycles. The van der Waals surface area contributed by atoms with Crippen molar-refractivity contribution in [2.24, 2.45) is 5.92 Å². The zero-order valence-electron chi connectivity index (χ0n) is 17.7. The maximum absolute atomic E-state index is 13.0. The van der Waals surface area contributed by atoms with Gasteiger partial charge in [-0.1, -0.05) is 0 Å². The summed E-state index contributed by atoms with van der Waals surface area (Å²) in [5.41, 5.74) is 1.89. The Labute approximate surface area is 177 Å². The lowest BCUT2D eigenvalue weighted by molar-refractivity contribution is -0.139. The molecular formula is C23H31N3O4. The summed E-state index contributed by atoms with van der Waals surface area (Å²) in [7, 11) is 1.64. The van der Waals surface area contributed by atoms with Gasteiger partial charge in [-0.3, -0.25) is 14.4 Å². The summed E-state index contributed by atoms with van der Waals surface area (Å²) < 4.78 is 5.34. The van der Waals surface area contributed by atoms with Gasteiger partial charge in [0.25, 0.3) is 0 Å². The molecule has 3 aliphatic rings. The quantitative estimate of drug-likeness (QED) is 0.778. The molecule has 162 valence electrons. The van der Waals surface area contributed by atoms with E-state index in [-0.39, 0.29) is 29.7 Å². The van der Waals surface area contributed by atoms with E-state index in [0.717, 1.165) is 49.2 Å². The van der Waals surface area contributed by atoms with Gasteiger partial charge < -0.3 is 19.9 Å². The second-order valence-corrected chi connectivity index (χ2v) is 8.56. The minimum Gasteiger partial charge on any atom is -0.497 e. The molecule has 2 saturated heterocycles. The summed E-state index contributed by atoms with van der Waals surface area (Å²) in [6.45, 7) is 2.17. The first-order chi connectivity index (χ1) is 14.6. The first kappa shape index (κ1) is 20.7. The molecule has 30 heavy (non-hydrogen) atoms. The highest BCUT2D eigenvalue weighted by Crippen LogP contribution is 2.34. The SMILES string of the molecule is COc1ccc2c(c1)C[C@@H]([C@H]1CCCCN1C(=O)CCCN1CCCC1=O)C(=O)N2. The van der Waals surface area contributed by atoms with Crippen LogP contribution < -0.4 is 10.1 Å². The summed E-state index contributed by atoms with van der Waals surface area (Å²) in [6, 6.07) is 5.63. The van der Waals surface area contributed by atoms with Crippen molar-refractivity contribution in [2.75, 3.05) is 32.1 Å². The normalized spacial score (nSPS) is 23.9. The van der Waals surface area contributed by atoms with Gasteiger partial charge in [-0.25, -0.2) is 0 Å². The van der Waals surface area contributed by atoms with Crippen LogP contribution in [0.25, 0.3) is 0 Å². The minimum absolute atomic E-state index is 0.0000280. The number of anilines is 1. The molecule has 3 aliphatic heterocycles. The third-order valence-electron chi connectivity index (χ3n) is 6.67. The van der Waals surface area contributed by atoms with Crippen molar-refractivity contribution in [1.82, 2.24) is 9.80 Å². The van der Waals surface area contributed by atoms with Gasteiger partial charge in [0.1, 0.15) is 5.75 Å². The van der Waals surface area contributed by atoms with E-state index in [9.17, 15) is 14.4 Å². The molecule has 0 aromatic heterocycles. The predicted octanol–water partition coefficient (Wildman–Crippen LogP) is 2.59. The Morgan fingerprint density at radius 3 is 2.83 bits per heavy atom. The van der Waals surface area contributed by atoms with Crippen molar-refractivity contribution in [3.05, 3.63) is 23.8 Å². The molecule has 2 atom stereocenters. The number of rotatable bonds is 6. The number of methoxy groups -OCH3 is 1. The number of ether oxygens (including phenoxy) is 1. The molecule has 1 aromatic carbocycles. The monoisotopic (exact) mass is 413 g/mol. The van der Waals surface area contributed by atoms with Crippen LogP contribution in [0.3, 0.4) is 0 Å². The smallest absolute Gasteiger partial charge is 0.229 e. The highest BCUT2D eigenvalue weighted by molar-refractivity contribution is 5.96. The second kappa shape index (κ2) is 9.06. The average molecular weight is 414 g/mol. The van der Waals surface area contributed by atoms with Crippen LogP contribution in [0.2, 0.25) is 0 Å². The fraction of sp³-hybridized carbons (Fsp3) is 0.609. The van der Waals surface area contributed by atoms with Crippen molar-refractivity contribution < 1.29 is 19.1 Å². The largest absolute Gasteiger partial charge is 0.497 e. The van der Waals surface area contributed by atoms with E-state index in [0.29, 0.717) is 38.8 Å². The molecule has 3 amide bonds. The van der Waals surface area contributed by atoms with E-state index in [2.05, 4.69) is 5.32 Å². The zero-order valence-corrected chi connectivity index (χ0v) is 17.7. The molecule has 1 N–H and O–H groups in total. The van der Waals surface area contributed by atoms with Crippen LogP contribution in [0, 0.1) is 5.92 Å². The van der Waals surface area contributed by atoms with Crippen LogP contribution in [0.4, 0.5) is 5.69 Å². The number of likely N-dealkylation sites (tertiary alicyclic amines) is 2. The van der Waals surface area contributed by atoms with Crippen molar-refractivity contribution in [1.29, 1.82) is 0 Å². The highest BCUT2D eigenvalue weighted by atomic mass is 16.5. The third kappa shape index (κ3) is 4.30. The predicted molar refractivity (Wildman–Crippen MR) is 113 cm³/mol. The van der Waals surface area contributed by atoms with E-state index in [1.165, 1.54) is 0 Å². The topological polar surface area (TPSA) is 79.0 Å². The molecule has 0 unspecified atom stereocenters. The number of amides is 3. The Morgan fingerprint density at radius 1 is 1.20 bits per heavy atom. The summed E-state index contributed by atoms with van der Waals surface area (Å²) in [4.78, 5) is 41.5. The van der Waals surface area contributed by atoms with Gasteiger partial charge in [0.05, 0.1) is 13.0 Å². The molecule has 1 aromatic rings. The van der Waals surface area contributed by atoms with Gasteiger partial charge in [0.15, 0.2) is 0 Å². The van der Waals surface area contributed by atoms with Crippen LogP contribution in [0.5, 0.6) is 5.75 Å². The molecule has 0 bridgehead atoms. The van der Waals surface area contributed by atoms with Crippen LogP contribution in [-0.2, 0) is 20.8 Å². The summed E-state index contributed by atoms with van der Waals surface area (Å²) >= 11 is 0. The number of nitrogens with zero attached hydrogens (tertiary/aromatic N) is 2. The first-order valence-electron chi connectivity index (χ1n) is 11.1. The van der Waals surface area contributed by atoms with Crippen molar-refractivity contribution in [3.8, 4) is 5.75 Å². The van der Waals surface area contributed by atoms with Gasteiger partial charge in [0.2, 0.25) is 17.7 Å². The van der Waals surface area contributed by atoms with E-state index < -0.39 is 0 Å². The number of hydrogen-bond donors (Lipinski definition) is 1. The van der Waals surface area contributed by atoms with Crippen LogP contribution in [0.15, 0.2) is 18.2 Å². The Bertz CT molecular complexity index is 825. The van der Waals surface area contributed by atoms with Gasteiger partial charge in [0, 0.05) is 44.2 Å². The lowest BCUT2D eigenvalue weighted by Gasteiger charge is -2.41. The molecule has 3 heterocycles. The number of nitrogens with one attached hydrogen (secondary N) is 1. The average Bonchev–Trinajstić information content (AvgIpc) is 3.17. The summed E-state index contributed by atoms with van der Waals surface area (Å²) in [6.07, 6.45) is 6.15. The first-order valence-corrected chi connectivity index (χ1v) is 11.1. The molecule has 7 nitrogen and oxygen atoms in total. The second-order valence-electron chi connectivity index (χ2n) is 8.56. The molecule has 7 heteroatoms. The van der Waals surface area contributed by atoms with Gasteiger partial charge in [-0.15, -0.1) is 0 Å². The van der Waals surface area contributed by atoms with Crippen LogP contribution >= 0.6 is 0 Å². The number of benzene rings is 1. The molecule has 4 rings (SSSR count). The van der Waals surface area contributed by atoms with Gasteiger partial charge in [-0.05, 0) is 62.3 Å². The standard InChI is InChI=1S/C23H31N3O4/c1-30-17-9-10-19-16(14-17)15-18(23(29)24-19)20-6-2-3-13-26(20)22(28)8-5-12-25-11-4-7-21(25)27/h9-10,14,18,20H,2-8,11-13,15H2,1H3,(H,24,29)/t18-,20+/m0/s1. The lowest BCUT2D eigenvalue weighted by atomic mass is 9.82. The fourth-order valence-corrected chi connectivity index (χ4v) is 5.04. The molecule has 2 fully saturated rings. The summed E-state index contributed by atoms with van der Waals surface area (Å²) in [5.74, 6) is 0.840. The Hall–Kier alpha value is -2.57. The Kier molecular flexibility index (Phi) is 6.25. The molecule has 0 spiro atoms. The summed E-state index contributed by atoms with van der Waals surface area (Å²) in [5, 5.41) is 3.03. The Morgan fingerprint density at radius 2 is 2.07 bits per heavy atom. The number of carbonyl (C=O) groups is 3. The van der Waals surface area contributed by atoms with E-state index in [1.807, 2.05) is 28.0 Å². The van der Waals surface area contributed by atoms with E-state index >= 15 is 0 Å². The van der Waals surface area contributed by atoms with Crippen LogP contribution in [-0.4, -0.2) is 60.3 Å². The minimum atomic E-state index is -0.242. The zero-order chi connectivity index (χ0) is 21.1. The van der Waals surface area contributed by atoms with Crippen molar-refractivity contribution in [3.63, 3.8) is 0 Å². The number of piperidine rings is 1. The molecule has 0 aliphatic carbocycles. The molecular weight excluding hydrogens is 382 g/mol. The highest BCUT2D eigenvalue weighted by Gasteiger charge is 2.39. The van der Waals surface area contributed by atoms with E-state index in [1.54, 1.807) is 7.11 Å². The fourth-order valence-electron chi connectivity index (χ4n) is 5.04. The Balaban J connectivity index is 1.41. The lowest BCUT2D eigenvalue weighted by Crippen LogP contribution is -2.52. The number of fused-ring (bicyclic) bond motifs is 1. The van der Waals surface area contributed by atoms with E-state index in [4.69, 9.17) is 4.74 Å². The third-order valence-corrected chi connectivity index (χ3v) is 6.67. The van der Waals surface area contributed by atoms with Gasteiger partial charge >= 0.3 is 0 Å². The van der Waals surface area contributed by atoms with Crippen molar-refractivity contribution >= 4 is 23.4 Å². The van der Waals surface area contributed by atoms with Crippen molar-refractivity contribution in [2.45, 2.75) is 57.4 Å². The molecule has 0 radical (unpaired) electrons. The van der Waals surface area contributed by atoms with Crippen LogP contribution in [0.1, 0.15) is 50.5 Å². The number of carbonyl (C=O) groups excluding carboxylic acids is 3. The number of hydrogen-bond acceptors (Lipinski definition) is 4. The van der Waals surface area contributed by atoms with Gasteiger partial charge in [-0.2, -0.15) is 0 Å².